The maximum absolute atomic E-state index is 13.4. The minimum Gasteiger partial charge on any atom is -0.495 e. The van der Waals surface area contributed by atoms with Crippen LogP contribution in [0, 0.1) is 0 Å². The van der Waals surface area contributed by atoms with Gasteiger partial charge in [-0.15, -0.1) is 0 Å². The molecule has 3 aromatic rings. The summed E-state index contributed by atoms with van der Waals surface area (Å²) in [5.41, 5.74) is 0.373. The number of halogens is 1. The molecule has 0 aliphatic carbocycles. The summed E-state index contributed by atoms with van der Waals surface area (Å²) in [4.78, 5) is 13.4. The Labute approximate surface area is 211 Å². The lowest BCUT2D eigenvalue weighted by Gasteiger charge is -2.39. The SMILES string of the molecule is COc1cc(NC(=O)c2cc3ccccc3cc2OC2OC(CO)C(O)C(O)C2O)c(OC)cc1Cl. The first kappa shape index (κ1) is 26.0. The third-order valence-corrected chi connectivity index (χ3v) is 6.20. The van der Waals surface area contributed by atoms with Gasteiger partial charge in [-0.3, -0.25) is 4.79 Å². The minimum atomic E-state index is -1.65. The number of aliphatic hydroxyl groups excluding tert-OH is 4. The van der Waals surface area contributed by atoms with Crippen molar-refractivity contribution in [3.8, 4) is 17.2 Å². The molecule has 0 saturated carbocycles. The highest BCUT2D eigenvalue weighted by molar-refractivity contribution is 6.32. The summed E-state index contributed by atoms with van der Waals surface area (Å²) in [6, 6.07) is 13.5. The van der Waals surface area contributed by atoms with Crippen molar-refractivity contribution in [3.63, 3.8) is 0 Å². The number of benzene rings is 3. The van der Waals surface area contributed by atoms with Gasteiger partial charge in [0.25, 0.3) is 5.91 Å². The van der Waals surface area contributed by atoms with E-state index in [1.54, 1.807) is 12.1 Å². The first-order valence-corrected chi connectivity index (χ1v) is 11.4. The molecule has 0 bridgehead atoms. The molecule has 36 heavy (non-hydrogen) atoms. The zero-order valence-corrected chi connectivity index (χ0v) is 20.2. The number of fused-ring (bicyclic) bond motifs is 1. The minimum absolute atomic E-state index is 0.0374. The van der Waals surface area contributed by atoms with Crippen LogP contribution in [0.15, 0.2) is 48.5 Å². The van der Waals surface area contributed by atoms with Gasteiger partial charge in [-0.05, 0) is 22.9 Å². The third kappa shape index (κ3) is 5.05. The van der Waals surface area contributed by atoms with Crippen LogP contribution in [0.4, 0.5) is 5.69 Å². The number of hydrogen-bond donors (Lipinski definition) is 5. The number of methoxy groups -OCH3 is 2. The highest BCUT2D eigenvalue weighted by Crippen LogP contribution is 2.37. The Kier molecular flexibility index (Phi) is 7.84. The van der Waals surface area contributed by atoms with E-state index in [9.17, 15) is 25.2 Å². The zero-order chi connectivity index (χ0) is 26.0. The van der Waals surface area contributed by atoms with Gasteiger partial charge in [0.1, 0.15) is 41.7 Å². The summed E-state index contributed by atoms with van der Waals surface area (Å²) >= 11 is 6.16. The number of hydrogen-bond acceptors (Lipinski definition) is 9. The van der Waals surface area contributed by atoms with Crippen molar-refractivity contribution in [2.24, 2.45) is 0 Å². The molecule has 1 aliphatic rings. The normalized spacial score (nSPS) is 23.8. The lowest BCUT2D eigenvalue weighted by molar-refractivity contribution is -0.277. The Morgan fingerprint density at radius 3 is 2.25 bits per heavy atom. The Hall–Kier alpha value is -3.12. The predicted molar refractivity (Wildman–Crippen MR) is 131 cm³/mol. The van der Waals surface area contributed by atoms with Crippen LogP contribution < -0.4 is 19.5 Å². The van der Waals surface area contributed by atoms with Gasteiger partial charge < -0.3 is 44.7 Å². The maximum atomic E-state index is 13.4. The van der Waals surface area contributed by atoms with Crippen molar-refractivity contribution in [2.45, 2.75) is 30.7 Å². The van der Waals surface area contributed by atoms with E-state index in [4.69, 9.17) is 30.5 Å². The second-order valence-corrected chi connectivity index (χ2v) is 8.56. The van der Waals surface area contributed by atoms with Crippen molar-refractivity contribution in [1.29, 1.82) is 0 Å². The summed E-state index contributed by atoms with van der Waals surface area (Å²) < 4.78 is 21.9. The molecule has 5 unspecified atom stereocenters. The monoisotopic (exact) mass is 519 g/mol. The molecular formula is C25H26ClNO9. The molecule has 1 saturated heterocycles. The van der Waals surface area contributed by atoms with Gasteiger partial charge in [0, 0.05) is 12.1 Å². The van der Waals surface area contributed by atoms with Crippen molar-refractivity contribution < 1.29 is 44.2 Å². The number of rotatable bonds is 7. The van der Waals surface area contributed by atoms with Gasteiger partial charge in [0.2, 0.25) is 6.29 Å². The van der Waals surface area contributed by atoms with Crippen molar-refractivity contribution in [1.82, 2.24) is 0 Å². The first-order valence-electron chi connectivity index (χ1n) is 11.0. The van der Waals surface area contributed by atoms with E-state index in [2.05, 4.69) is 5.32 Å². The molecule has 1 amide bonds. The molecule has 192 valence electrons. The molecular weight excluding hydrogens is 494 g/mol. The fourth-order valence-electron chi connectivity index (χ4n) is 3.93. The van der Waals surface area contributed by atoms with Crippen LogP contribution in [0.5, 0.6) is 17.2 Å². The number of nitrogens with one attached hydrogen (secondary N) is 1. The molecule has 1 heterocycles. The van der Waals surface area contributed by atoms with Gasteiger partial charge in [-0.25, -0.2) is 0 Å². The van der Waals surface area contributed by atoms with Gasteiger partial charge in [-0.2, -0.15) is 0 Å². The highest BCUT2D eigenvalue weighted by Gasteiger charge is 2.45. The fourth-order valence-corrected chi connectivity index (χ4v) is 4.16. The molecule has 0 radical (unpaired) electrons. The summed E-state index contributed by atoms with van der Waals surface area (Å²) in [7, 11) is 2.87. The number of anilines is 1. The summed E-state index contributed by atoms with van der Waals surface area (Å²) in [5.74, 6) is 0.0776. The molecule has 0 spiro atoms. The summed E-state index contributed by atoms with van der Waals surface area (Å²) in [6.45, 7) is -0.617. The third-order valence-electron chi connectivity index (χ3n) is 5.91. The lowest BCUT2D eigenvalue weighted by Crippen LogP contribution is -2.60. The molecule has 0 aromatic heterocycles. The zero-order valence-electron chi connectivity index (χ0n) is 19.4. The van der Waals surface area contributed by atoms with Crippen LogP contribution in [0.1, 0.15) is 10.4 Å². The lowest BCUT2D eigenvalue weighted by atomic mass is 9.99. The Morgan fingerprint density at radius 1 is 0.944 bits per heavy atom. The molecule has 3 aromatic carbocycles. The predicted octanol–water partition coefficient (Wildman–Crippen LogP) is 1.94. The topological polar surface area (TPSA) is 147 Å². The molecule has 1 aliphatic heterocycles. The van der Waals surface area contributed by atoms with Crippen molar-refractivity contribution in [3.05, 3.63) is 59.1 Å². The van der Waals surface area contributed by atoms with Crippen molar-refractivity contribution in [2.75, 3.05) is 26.1 Å². The van der Waals surface area contributed by atoms with E-state index < -0.39 is 43.2 Å². The van der Waals surface area contributed by atoms with Crippen LogP contribution in [-0.4, -0.2) is 77.9 Å². The molecule has 1 fully saturated rings. The number of carbonyl (C=O) groups is 1. The Morgan fingerprint density at radius 2 is 1.61 bits per heavy atom. The van der Waals surface area contributed by atoms with E-state index in [1.807, 2.05) is 24.3 Å². The summed E-state index contributed by atoms with van der Waals surface area (Å²) in [5, 5.41) is 44.6. The van der Waals surface area contributed by atoms with E-state index >= 15 is 0 Å². The average Bonchev–Trinajstić information content (AvgIpc) is 2.89. The van der Waals surface area contributed by atoms with Crippen LogP contribution in [0.2, 0.25) is 5.02 Å². The van der Waals surface area contributed by atoms with Gasteiger partial charge in [-0.1, -0.05) is 35.9 Å². The van der Waals surface area contributed by atoms with Crippen LogP contribution in [-0.2, 0) is 4.74 Å². The number of ether oxygens (including phenoxy) is 4. The van der Waals surface area contributed by atoms with Crippen LogP contribution >= 0.6 is 11.6 Å². The Balaban J connectivity index is 1.72. The maximum Gasteiger partial charge on any atom is 0.259 e. The van der Waals surface area contributed by atoms with Crippen LogP contribution in [0.3, 0.4) is 0 Å². The number of aliphatic hydroxyl groups is 4. The number of carbonyl (C=O) groups excluding carboxylic acids is 1. The molecule has 4 rings (SSSR count). The largest absolute Gasteiger partial charge is 0.495 e. The highest BCUT2D eigenvalue weighted by atomic mass is 35.5. The second-order valence-electron chi connectivity index (χ2n) is 8.15. The fraction of sp³-hybridized carbons (Fsp3) is 0.320. The molecule has 10 nitrogen and oxygen atoms in total. The molecule has 5 N–H and O–H groups in total. The Bertz CT molecular complexity index is 1250. The van der Waals surface area contributed by atoms with E-state index in [-0.39, 0.29) is 17.0 Å². The smallest absolute Gasteiger partial charge is 0.259 e. The number of amides is 1. The molecule has 5 atom stereocenters. The van der Waals surface area contributed by atoms with Gasteiger partial charge in [0.15, 0.2) is 0 Å². The van der Waals surface area contributed by atoms with E-state index in [0.29, 0.717) is 16.5 Å². The van der Waals surface area contributed by atoms with Crippen molar-refractivity contribution >= 4 is 34.0 Å². The summed E-state index contributed by atoms with van der Waals surface area (Å²) in [6.07, 6.45) is -7.47. The van der Waals surface area contributed by atoms with Gasteiger partial charge in [0.05, 0.1) is 37.1 Å². The van der Waals surface area contributed by atoms with E-state index in [0.717, 1.165) is 10.8 Å². The van der Waals surface area contributed by atoms with Crippen LogP contribution in [0.25, 0.3) is 10.8 Å². The second kappa shape index (κ2) is 10.9. The quantitative estimate of drug-likeness (QED) is 0.316. The molecule has 11 heteroatoms. The van der Waals surface area contributed by atoms with E-state index in [1.165, 1.54) is 26.4 Å². The standard InChI is InChI=1S/C25H26ClNO9/c1-33-18-10-16(19(34-2)9-15(18)26)27-24(32)14-7-12-5-3-4-6-13(12)8-17(14)35-25-23(31)22(30)21(29)20(11-28)36-25/h3-10,20-23,25,28-31H,11H2,1-2H3,(H,27,32). The average molecular weight is 520 g/mol. The van der Waals surface area contributed by atoms with Gasteiger partial charge >= 0.3 is 0 Å². The first-order chi connectivity index (χ1) is 17.3.